The van der Waals surface area contributed by atoms with E-state index in [2.05, 4.69) is 38.1 Å². The summed E-state index contributed by atoms with van der Waals surface area (Å²) in [5.74, 6) is 0.842. The number of benzene rings is 1. The Morgan fingerprint density at radius 2 is 1.94 bits per heavy atom. The van der Waals surface area contributed by atoms with Gasteiger partial charge in [0.1, 0.15) is 0 Å². The van der Waals surface area contributed by atoms with Crippen molar-refractivity contribution < 1.29 is 0 Å². The molecule has 2 rings (SSSR count). The van der Waals surface area contributed by atoms with Crippen molar-refractivity contribution in [2.75, 3.05) is 0 Å². The van der Waals surface area contributed by atoms with Gasteiger partial charge in [-0.05, 0) is 43.2 Å². The number of hydrogen-bond acceptors (Lipinski definition) is 1. The van der Waals surface area contributed by atoms with Crippen molar-refractivity contribution in [2.24, 2.45) is 11.7 Å². The highest BCUT2D eigenvalue weighted by Crippen LogP contribution is 2.36. The maximum atomic E-state index is 6.64. The third kappa shape index (κ3) is 2.30. The highest BCUT2D eigenvalue weighted by molar-refractivity contribution is 5.32. The molecule has 88 valence electrons. The summed E-state index contributed by atoms with van der Waals surface area (Å²) < 4.78 is 0. The van der Waals surface area contributed by atoms with E-state index in [0.717, 1.165) is 18.8 Å². The fourth-order valence-corrected chi connectivity index (χ4v) is 2.94. The Balaban J connectivity index is 2.27. The van der Waals surface area contributed by atoms with Crippen LogP contribution in [0.1, 0.15) is 50.2 Å². The summed E-state index contributed by atoms with van der Waals surface area (Å²) in [5, 5.41) is 0. The van der Waals surface area contributed by atoms with Gasteiger partial charge in [0.15, 0.2) is 0 Å². The standard InChI is InChI=1S/C15H23N/c1-12-6-5-10-15(16,11-9-12)14-8-4-3-7-13(14)2/h3-4,7-8,12H,5-6,9-11,16H2,1-2H3. The lowest BCUT2D eigenvalue weighted by Gasteiger charge is -2.30. The van der Waals surface area contributed by atoms with Crippen LogP contribution in [0.2, 0.25) is 0 Å². The minimum absolute atomic E-state index is 0.0733. The second kappa shape index (κ2) is 4.58. The molecule has 0 bridgehead atoms. The van der Waals surface area contributed by atoms with Gasteiger partial charge in [0.05, 0.1) is 0 Å². The second-order valence-electron chi connectivity index (χ2n) is 5.51. The third-order valence-electron chi connectivity index (χ3n) is 4.08. The molecule has 2 unspecified atom stereocenters. The first-order valence-electron chi connectivity index (χ1n) is 6.47. The number of rotatable bonds is 1. The van der Waals surface area contributed by atoms with Gasteiger partial charge >= 0.3 is 0 Å². The predicted octanol–water partition coefficient (Wildman–Crippen LogP) is 3.75. The minimum Gasteiger partial charge on any atom is -0.321 e. The van der Waals surface area contributed by atoms with Crippen LogP contribution >= 0.6 is 0 Å². The second-order valence-corrected chi connectivity index (χ2v) is 5.51. The van der Waals surface area contributed by atoms with Gasteiger partial charge in [0, 0.05) is 5.54 Å². The van der Waals surface area contributed by atoms with E-state index in [4.69, 9.17) is 5.73 Å². The lowest BCUT2D eigenvalue weighted by Crippen LogP contribution is -2.36. The van der Waals surface area contributed by atoms with Crippen LogP contribution in [0.3, 0.4) is 0 Å². The normalized spacial score (nSPS) is 31.1. The summed E-state index contributed by atoms with van der Waals surface area (Å²) in [6.45, 7) is 4.53. The molecule has 1 aliphatic carbocycles. The van der Waals surface area contributed by atoms with Gasteiger partial charge in [-0.25, -0.2) is 0 Å². The molecule has 0 aromatic heterocycles. The lowest BCUT2D eigenvalue weighted by molar-refractivity contribution is 0.376. The van der Waals surface area contributed by atoms with Crippen molar-refractivity contribution in [3.8, 4) is 0 Å². The lowest BCUT2D eigenvalue weighted by atomic mass is 9.81. The van der Waals surface area contributed by atoms with Crippen molar-refractivity contribution in [3.05, 3.63) is 35.4 Å². The SMILES string of the molecule is Cc1ccccc1C1(N)CCCC(C)CC1. The monoisotopic (exact) mass is 217 g/mol. The zero-order valence-electron chi connectivity index (χ0n) is 10.5. The summed E-state index contributed by atoms with van der Waals surface area (Å²) in [7, 11) is 0. The van der Waals surface area contributed by atoms with Gasteiger partial charge in [0.2, 0.25) is 0 Å². The van der Waals surface area contributed by atoms with Gasteiger partial charge in [-0.3, -0.25) is 0 Å². The van der Waals surface area contributed by atoms with Crippen LogP contribution in [0.4, 0.5) is 0 Å². The van der Waals surface area contributed by atoms with Gasteiger partial charge in [0.25, 0.3) is 0 Å². The average Bonchev–Trinajstić information content (AvgIpc) is 2.43. The van der Waals surface area contributed by atoms with Crippen LogP contribution in [0, 0.1) is 12.8 Å². The zero-order chi connectivity index (χ0) is 11.6. The fraction of sp³-hybridized carbons (Fsp3) is 0.600. The van der Waals surface area contributed by atoms with Gasteiger partial charge in [-0.1, -0.05) is 44.0 Å². The van der Waals surface area contributed by atoms with Gasteiger partial charge in [-0.2, -0.15) is 0 Å². The molecule has 0 aliphatic heterocycles. The molecule has 0 saturated heterocycles. The van der Waals surface area contributed by atoms with Gasteiger partial charge < -0.3 is 5.73 Å². The van der Waals surface area contributed by atoms with Crippen LogP contribution in [0.25, 0.3) is 0 Å². The molecule has 1 saturated carbocycles. The molecule has 1 aliphatic rings. The van der Waals surface area contributed by atoms with E-state index in [1.54, 1.807) is 0 Å². The summed E-state index contributed by atoms with van der Waals surface area (Å²) in [5.41, 5.74) is 9.28. The first-order valence-corrected chi connectivity index (χ1v) is 6.47. The Kier molecular flexibility index (Phi) is 3.34. The minimum atomic E-state index is -0.0733. The van der Waals surface area contributed by atoms with E-state index in [1.807, 2.05) is 0 Å². The molecule has 0 amide bonds. The zero-order valence-corrected chi connectivity index (χ0v) is 10.5. The maximum absolute atomic E-state index is 6.64. The maximum Gasteiger partial charge on any atom is 0.0412 e. The van der Waals surface area contributed by atoms with E-state index in [-0.39, 0.29) is 5.54 Å². The average molecular weight is 217 g/mol. The predicted molar refractivity (Wildman–Crippen MR) is 69.3 cm³/mol. The molecule has 1 aromatic carbocycles. The van der Waals surface area contributed by atoms with Crippen molar-refractivity contribution in [3.63, 3.8) is 0 Å². The summed E-state index contributed by atoms with van der Waals surface area (Å²) in [6, 6.07) is 8.61. The molecule has 16 heavy (non-hydrogen) atoms. The van der Waals surface area contributed by atoms with Crippen molar-refractivity contribution >= 4 is 0 Å². The van der Waals surface area contributed by atoms with Crippen LogP contribution < -0.4 is 5.73 Å². The summed E-state index contributed by atoms with van der Waals surface area (Å²) >= 11 is 0. The Labute approximate surface area is 99.0 Å². The number of aryl methyl sites for hydroxylation is 1. The molecule has 2 atom stereocenters. The number of hydrogen-bond donors (Lipinski definition) is 1. The van der Waals surface area contributed by atoms with E-state index >= 15 is 0 Å². The quantitative estimate of drug-likeness (QED) is 0.712. The van der Waals surface area contributed by atoms with Crippen LogP contribution in [0.5, 0.6) is 0 Å². The molecule has 2 N–H and O–H groups in total. The van der Waals surface area contributed by atoms with E-state index in [1.165, 1.54) is 30.4 Å². The molecule has 1 fully saturated rings. The smallest absolute Gasteiger partial charge is 0.0412 e. The Morgan fingerprint density at radius 1 is 1.19 bits per heavy atom. The largest absolute Gasteiger partial charge is 0.321 e. The third-order valence-corrected chi connectivity index (χ3v) is 4.08. The topological polar surface area (TPSA) is 26.0 Å². The van der Waals surface area contributed by atoms with E-state index < -0.39 is 0 Å². The Morgan fingerprint density at radius 3 is 2.69 bits per heavy atom. The van der Waals surface area contributed by atoms with E-state index in [0.29, 0.717) is 0 Å². The van der Waals surface area contributed by atoms with E-state index in [9.17, 15) is 0 Å². The molecule has 1 nitrogen and oxygen atoms in total. The Hall–Kier alpha value is -0.820. The van der Waals surface area contributed by atoms with Gasteiger partial charge in [-0.15, -0.1) is 0 Å². The summed E-state index contributed by atoms with van der Waals surface area (Å²) in [6.07, 6.45) is 6.16. The Bertz CT molecular complexity index is 358. The highest BCUT2D eigenvalue weighted by Gasteiger charge is 2.30. The molecular weight excluding hydrogens is 194 g/mol. The summed E-state index contributed by atoms with van der Waals surface area (Å²) in [4.78, 5) is 0. The highest BCUT2D eigenvalue weighted by atomic mass is 14.7. The fourth-order valence-electron chi connectivity index (χ4n) is 2.94. The van der Waals surface area contributed by atoms with Crippen LogP contribution in [0.15, 0.2) is 24.3 Å². The van der Waals surface area contributed by atoms with Crippen LogP contribution in [-0.4, -0.2) is 0 Å². The van der Waals surface area contributed by atoms with Crippen LogP contribution in [-0.2, 0) is 5.54 Å². The van der Waals surface area contributed by atoms with Crippen molar-refractivity contribution in [2.45, 2.75) is 51.5 Å². The first-order chi connectivity index (χ1) is 7.62. The molecular formula is C15H23N. The van der Waals surface area contributed by atoms with Crippen molar-refractivity contribution in [1.82, 2.24) is 0 Å². The van der Waals surface area contributed by atoms with Crippen molar-refractivity contribution in [1.29, 1.82) is 0 Å². The first kappa shape index (κ1) is 11.7. The number of nitrogens with two attached hydrogens (primary N) is 1. The molecule has 1 aromatic rings. The molecule has 0 spiro atoms. The molecule has 0 radical (unpaired) electrons. The molecule has 0 heterocycles. The molecule has 1 heteroatoms.